The van der Waals surface area contributed by atoms with Crippen LogP contribution in [0.5, 0.6) is 0 Å². The van der Waals surface area contributed by atoms with E-state index in [0.29, 0.717) is 6.42 Å². The van der Waals surface area contributed by atoms with Crippen molar-refractivity contribution < 1.29 is 9.90 Å². The van der Waals surface area contributed by atoms with Gasteiger partial charge in [0.15, 0.2) is 0 Å². The van der Waals surface area contributed by atoms with Crippen LogP contribution in [-0.2, 0) is 17.8 Å². The maximum atomic E-state index is 11.2. The predicted molar refractivity (Wildman–Crippen MR) is 54.2 cm³/mol. The summed E-state index contributed by atoms with van der Waals surface area (Å²) in [7, 11) is 0. The maximum absolute atomic E-state index is 11.2. The van der Waals surface area contributed by atoms with Gasteiger partial charge in [0.05, 0.1) is 13.0 Å². The number of carbonyl (C=O) groups is 1. The van der Waals surface area contributed by atoms with E-state index < -0.39 is 0 Å². The van der Waals surface area contributed by atoms with Crippen LogP contribution in [0.25, 0.3) is 0 Å². The molecule has 0 aliphatic rings. The van der Waals surface area contributed by atoms with E-state index in [1.165, 1.54) is 0 Å². The van der Waals surface area contributed by atoms with Crippen molar-refractivity contribution in [3.8, 4) is 0 Å². The molecule has 0 saturated carbocycles. The molecule has 0 saturated heterocycles. The van der Waals surface area contributed by atoms with E-state index in [4.69, 9.17) is 5.11 Å². The van der Waals surface area contributed by atoms with Gasteiger partial charge in [-0.25, -0.2) is 0 Å². The van der Waals surface area contributed by atoms with E-state index in [-0.39, 0.29) is 12.5 Å². The van der Waals surface area contributed by atoms with Crippen molar-refractivity contribution in [2.24, 2.45) is 0 Å². The third-order valence-corrected chi connectivity index (χ3v) is 1.88. The Kier molecular flexibility index (Phi) is 4.13. The predicted octanol–water partition coefficient (Wildman–Crippen LogP) is 1.02. The first kappa shape index (κ1) is 10.7. The van der Waals surface area contributed by atoms with Gasteiger partial charge in [0.1, 0.15) is 0 Å². The number of nitrogens with one attached hydrogen (secondary N) is 1. The summed E-state index contributed by atoms with van der Waals surface area (Å²) >= 11 is 0. The maximum Gasteiger partial charge on any atom is 0.224 e. The minimum absolute atomic E-state index is 0.0238. The normalized spacial score (nSPS) is 9.86. The van der Waals surface area contributed by atoms with Crippen molar-refractivity contribution in [1.29, 1.82) is 0 Å². The molecule has 1 radical (unpaired) electrons. The molecule has 3 nitrogen and oxygen atoms in total. The Morgan fingerprint density at radius 3 is 2.43 bits per heavy atom. The molecular formula is C11H14NO2. The van der Waals surface area contributed by atoms with E-state index in [0.717, 1.165) is 11.1 Å². The Morgan fingerprint density at radius 1 is 1.36 bits per heavy atom. The van der Waals surface area contributed by atoms with Crippen LogP contribution in [0.3, 0.4) is 0 Å². The summed E-state index contributed by atoms with van der Waals surface area (Å²) in [4.78, 5) is 11.2. The van der Waals surface area contributed by atoms with Gasteiger partial charge in [-0.2, -0.15) is 0 Å². The zero-order valence-corrected chi connectivity index (χ0v) is 8.16. The minimum Gasteiger partial charge on any atom is -0.392 e. The summed E-state index contributed by atoms with van der Waals surface area (Å²) < 4.78 is 0. The van der Waals surface area contributed by atoms with Crippen LogP contribution in [0.2, 0.25) is 0 Å². The molecule has 1 aromatic carbocycles. The second-order valence-electron chi connectivity index (χ2n) is 3.01. The number of hydrogen-bond donors (Lipinski definition) is 2. The van der Waals surface area contributed by atoms with Crippen LogP contribution in [0.15, 0.2) is 24.3 Å². The first-order valence-electron chi connectivity index (χ1n) is 4.52. The molecule has 0 atom stereocenters. The Labute approximate surface area is 83.8 Å². The Balaban J connectivity index is 2.55. The van der Waals surface area contributed by atoms with Crippen molar-refractivity contribution in [1.82, 2.24) is 5.32 Å². The van der Waals surface area contributed by atoms with Gasteiger partial charge >= 0.3 is 0 Å². The van der Waals surface area contributed by atoms with Gasteiger partial charge in [-0.1, -0.05) is 24.3 Å². The number of carbonyl (C=O) groups excluding carboxylic acids is 1. The number of hydrogen-bond acceptors (Lipinski definition) is 2. The lowest BCUT2D eigenvalue weighted by molar-refractivity contribution is -0.119. The highest BCUT2D eigenvalue weighted by atomic mass is 16.3. The first-order valence-corrected chi connectivity index (χ1v) is 4.52. The van der Waals surface area contributed by atoms with Gasteiger partial charge in [0, 0.05) is 6.54 Å². The highest BCUT2D eigenvalue weighted by Crippen LogP contribution is 2.04. The molecule has 0 aliphatic heterocycles. The molecule has 1 amide bonds. The number of rotatable bonds is 4. The van der Waals surface area contributed by atoms with E-state index in [2.05, 4.69) is 5.32 Å². The zero-order valence-electron chi connectivity index (χ0n) is 8.16. The first-order chi connectivity index (χ1) is 6.76. The third kappa shape index (κ3) is 3.18. The summed E-state index contributed by atoms with van der Waals surface area (Å²) in [5.41, 5.74) is 1.80. The van der Waals surface area contributed by atoms with Crippen LogP contribution in [0.4, 0.5) is 0 Å². The molecule has 3 heteroatoms. The van der Waals surface area contributed by atoms with E-state index in [1.807, 2.05) is 24.3 Å². The van der Waals surface area contributed by atoms with Gasteiger partial charge in [0.2, 0.25) is 5.91 Å². The molecule has 14 heavy (non-hydrogen) atoms. The highest BCUT2D eigenvalue weighted by Gasteiger charge is 2.01. The Morgan fingerprint density at radius 2 is 1.93 bits per heavy atom. The van der Waals surface area contributed by atoms with Crippen LogP contribution in [0, 0.1) is 6.54 Å². The second kappa shape index (κ2) is 5.40. The molecule has 0 spiro atoms. The molecule has 0 unspecified atom stereocenters. The summed E-state index contributed by atoms with van der Waals surface area (Å²) in [5.74, 6) is -0.0238. The molecule has 1 rings (SSSR count). The summed E-state index contributed by atoms with van der Waals surface area (Å²) in [6.45, 7) is 3.42. The van der Waals surface area contributed by atoms with Gasteiger partial charge in [-0.3, -0.25) is 4.79 Å². The van der Waals surface area contributed by atoms with Crippen molar-refractivity contribution in [3.63, 3.8) is 0 Å². The molecule has 2 N–H and O–H groups in total. The summed E-state index contributed by atoms with van der Waals surface area (Å²) in [6, 6.07) is 7.33. The standard InChI is InChI=1S/C11H14NO2/c1-2-12-11(14)7-9-3-5-10(8-13)6-4-9/h2-6,13H,7-8H2,1H3,(H,12,14). The van der Waals surface area contributed by atoms with Gasteiger partial charge in [0.25, 0.3) is 0 Å². The summed E-state index contributed by atoms with van der Waals surface area (Å²) in [6.07, 6.45) is 0.371. The van der Waals surface area contributed by atoms with Crippen molar-refractivity contribution in [2.75, 3.05) is 0 Å². The molecule has 1 aromatic rings. The summed E-state index contributed by atoms with van der Waals surface area (Å²) in [5, 5.41) is 11.4. The molecule has 75 valence electrons. The number of amides is 1. The lowest BCUT2D eigenvalue weighted by atomic mass is 10.1. The average Bonchev–Trinajstić information content (AvgIpc) is 2.19. The zero-order chi connectivity index (χ0) is 10.4. The van der Waals surface area contributed by atoms with Crippen molar-refractivity contribution in [2.45, 2.75) is 20.0 Å². The Bertz CT molecular complexity index is 293. The minimum atomic E-state index is -0.0238. The topological polar surface area (TPSA) is 49.3 Å². The number of aliphatic hydroxyl groups is 1. The van der Waals surface area contributed by atoms with Gasteiger partial charge in [-0.15, -0.1) is 0 Å². The molecule has 0 aromatic heterocycles. The Hall–Kier alpha value is -1.35. The van der Waals surface area contributed by atoms with E-state index >= 15 is 0 Å². The smallest absolute Gasteiger partial charge is 0.224 e. The fourth-order valence-electron chi connectivity index (χ4n) is 1.16. The highest BCUT2D eigenvalue weighted by molar-refractivity contribution is 5.79. The van der Waals surface area contributed by atoms with E-state index in [1.54, 1.807) is 13.5 Å². The monoisotopic (exact) mass is 192 g/mol. The number of benzene rings is 1. The van der Waals surface area contributed by atoms with Crippen LogP contribution < -0.4 is 5.32 Å². The van der Waals surface area contributed by atoms with Crippen molar-refractivity contribution >= 4 is 5.91 Å². The van der Waals surface area contributed by atoms with E-state index in [9.17, 15) is 4.79 Å². The third-order valence-electron chi connectivity index (χ3n) is 1.88. The fourth-order valence-corrected chi connectivity index (χ4v) is 1.16. The van der Waals surface area contributed by atoms with Crippen molar-refractivity contribution in [3.05, 3.63) is 41.9 Å². The molecule has 0 heterocycles. The molecule has 0 aliphatic carbocycles. The average molecular weight is 192 g/mol. The van der Waals surface area contributed by atoms with Crippen LogP contribution in [0.1, 0.15) is 18.1 Å². The van der Waals surface area contributed by atoms with Gasteiger partial charge in [-0.05, 0) is 18.1 Å². The second-order valence-corrected chi connectivity index (χ2v) is 3.01. The fraction of sp³-hybridized carbons (Fsp3) is 0.273. The lowest BCUT2D eigenvalue weighted by Crippen LogP contribution is -2.21. The molecular weight excluding hydrogens is 178 g/mol. The molecule has 0 bridgehead atoms. The van der Waals surface area contributed by atoms with Crippen LogP contribution in [-0.4, -0.2) is 11.0 Å². The quantitative estimate of drug-likeness (QED) is 0.748. The van der Waals surface area contributed by atoms with Crippen LogP contribution >= 0.6 is 0 Å². The number of aliphatic hydroxyl groups excluding tert-OH is 1. The SMILES string of the molecule is C[CH]NC(=O)Cc1ccc(CO)cc1. The lowest BCUT2D eigenvalue weighted by Gasteiger charge is -2.02. The largest absolute Gasteiger partial charge is 0.392 e. The molecule has 0 fully saturated rings. The van der Waals surface area contributed by atoms with Gasteiger partial charge < -0.3 is 10.4 Å².